The van der Waals surface area contributed by atoms with Crippen LogP contribution >= 0.6 is 0 Å². The molecule has 3 saturated heterocycles. The number of Topliss-reactive ketones (excluding diaryl/α,β-unsaturated/α-hetero) is 1. The Morgan fingerprint density at radius 2 is 1.83 bits per heavy atom. The van der Waals surface area contributed by atoms with E-state index in [0.717, 1.165) is 67.7 Å². The van der Waals surface area contributed by atoms with Crippen molar-refractivity contribution in [1.82, 2.24) is 24.3 Å². The number of urea groups is 1. The Morgan fingerprint density at radius 3 is 2.57 bits per heavy atom. The molecule has 12 heteroatoms. The lowest BCUT2D eigenvalue weighted by molar-refractivity contribution is -0.138. The number of amides is 3. The van der Waals surface area contributed by atoms with E-state index in [4.69, 9.17) is 4.74 Å². The molecule has 2 unspecified atom stereocenters. The second-order valence-electron chi connectivity index (χ2n) is 12.9. The highest BCUT2D eigenvalue weighted by Gasteiger charge is 2.45. The number of ketones is 1. The third-order valence-corrected chi connectivity index (χ3v) is 9.98. The summed E-state index contributed by atoms with van der Waals surface area (Å²) in [6.45, 7) is 3.38. The van der Waals surface area contributed by atoms with Crippen molar-refractivity contribution in [3.8, 4) is 5.75 Å². The van der Waals surface area contributed by atoms with Crippen LogP contribution in [0.5, 0.6) is 5.75 Å². The number of nitrogens with zero attached hydrogens (tertiary/aromatic N) is 6. The van der Waals surface area contributed by atoms with Crippen molar-refractivity contribution < 1.29 is 19.1 Å². The van der Waals surface area contributed by atoms with E-state index in [2.05, 4.69) is 42.3 Å². The number of rotatable bonds is 5. The minimum absolute atomic E-state index is 0.0504. The number of ether oxygens (including phenoxy) is 1. The summed E-state index contributed by atoms with van der Waals surface area (Å²) in [4.78, 5) is 55.0. The van der Waals surface area contributed by atoms with Crippen LogP contribution in [0.15, 0.2) is 66.9 Å². The number of allylic oxidation sites excluding steroid dienone is 1. The van der Waals surface area contributed by atoms with Gasteiger partial charge in [0.05, 0.1) is 17.4 Å². The van der Waals surface area contributed by atoms with E-state index in [1.807, 2.05) is 30.1 Å². The number of piperazine rings is 1. The molecule has 2 N–H and O–H groups in total. The second kappa shape index (κ2) is 11.5. The number of likely N-dealkylation sites (N-methyl/N-ethyl adjacent to an activating group) is 1. The Bertz CT molecular complexity index is 1930. The number of aryl methyl sites for hydroxylation is 1. The molecular weight excluding hydrogens is 596 g/mol. The lowest BCUT2D eigenvalue weighted by Crippen LogP contribution is -2.50. The van der Waals surface area contributed by atoms with Crippen LogP contribution in [-0.4, -0.2) is 87.4 Å². The van der Waals surface area contributed by atoms with Crippen LogP contribution in [0.25, 0.3) is 17.1 Å². The van der Waals surface area contributed by atoms with Gasteiger partial charge in [0.2, 0.25) is 11.7 Å². The van der Waals surface area contributed by atoms with E-state index in [0.29, 0.717) is 40.7 Å². The number of hydrogen-bond donors (Lipinski definition) is 2. The molecule has 4 aliphatic rings. The molecule has 3 aromatic heterocycles. The van der Waals surface area contributed by atoms with Gasteiger partial charge in [0, 0.05) is 92.1 Å². The number of pyridine rings is 2. The molecule has 0 radical (unpaired) electrons. The summed E-state index contributed by atoms with van der Waals surface area (Å²) in [6.07, 6.45) is 11.4. The van der Waals surface area contributed by atoms with Crippen molar-refractivity contribution in [2.45, 2.75) is 31.3 Å². The normalized spacial score (nSPS) is 21.8. The van der Waals surface area contributed by atoms with Gasteiger partial charge in [0.1, 0.15) is 11.4 Å². The summed E-state index contributed by atoms with van der Waals surface area (Å²) in [5, 5.41) is 6.42. The van der Waals surface area contributed by atoms with Crippen LogP contribution in [0.4, 0.5) is 21.9 Å². The number of benzene rings is 1. The largest absolute Gasteiger partial charge is 0.452 e. The fourth-order valence-electron chi connectivity index (χ4n) is 7.57. The first-order valence-corrected chi connectivity index (χ1v) is 16.1. The monoisotopic (exact) mass is 632 g/mol. The fraction of sp³-hybridized carbons (Fsp3) is 0.343. The number of carbonyl (C=O) groups is 3. The van der Waals surface area contributed by atoms with Gasteiger partial charge in [-0.25, -0.2) is 9.78 Å². The number of carbonyl (C=O) groups excluding carboxylic acids is 3. The Hall–Kier alpha value is -5.23. The summed E-state index contributed by atoms with van der Waals surface area (Å²) >= 11 is 0. The van der Waals surface area contributed by atoms with Gasteiger partial charge in [-0.2, -0.15) is 0 Å². The maximum absolute atomic E-state index is 13.5. The second-order valence-corrected chi connectivity index (χ2v) is 12.9. The van der Waals surface area contributed by atoms with E-state index < -0.39 is 6.03 Å². The Morgan fingerprint density at radius 1 is 1.00 bits per heavy atom. The highest BCUT2D eigenvalue weighted by Crippen LogP contribution is 2.38. The number of hydrogen-bond acceptors (Lipinski definition) is 8. The summed E-state index contributed by atoms with van der Waals surface area (Å²) in [5.41, 5.74) is 4.05. The first kappa shape index (κ1) is 29.2. The molecule has 47 heavy (non-hydrogen) atoms. The van der Waals surface area contributed by atoms with Crippen molar-refractivity contribution in [2.24, 2.45) is 13.0 Å². The van der Waals surface area contributed by atoms with Crippen LogP contribution in [0, 0.1) is 5.92 Å². The standard InChI is InChI=1S/C35H36N8O4/c1-40-19-26-16-25(40)20-43(26)34(45)21-8-12-42(13-9-21)28-7-11-37-33-31(28)22(18-41(33)2)14-30-32(44)27-15-23(5-6-29(27)47-30)38-35(46)39-24-4-3-10-36-17-24/h3-7,10-11,14-15,17-18,21,25-26H,8-9,12-13,16,19-20H2,1-2H3,(H2,38,39,46). The quantitative estimate of drug-likeness (QED) is 0.311. The van der Waals surface area contributed by atoms with E-state index >= 15 is 0 Å². The van der Waals surface area contributed by atoms with Crippen molar-refractivity contribution in [2.75, 3.05) is 48.8 Å². The third kappa shape index (κ3) is 5.28. The minimum atomic E-state index is -0.444. The molecule has 0 spiro atoms. The van der Waals surface area contributed by atoms with Crippen LogP contribution in [0.2, 0.25) is 0 Å². The molecule has 2 bridgehead atoms. The van der Waals surface area contributed by atoms with Gasteiger partial charge >= 0.3 is 6.03 Å². The van der Waals surface area contributed by atoms with Crippen LogP contribution in [0.3, 0.4) is 0 Å². The zero-order valence-corrected chi connectivity index (χ0v) is 26.3. The number of likely N-dealkylation sites (tertiary alicyclic amines) is 2. The van der Waals surface area contributed by atoms with Crippen LogP contribution in [0.1, 0.15) is 35.2 Å². The van der Waals surface area contributed by atoms with E-state index in [1.165, 1.54) is 0 Å². The molecule has 0 saturated carbocycles. The van der Waals surface area contributed by atoms with Crippen LogP contribution < -0.4 is 20.3 Å². The molecule has 0 aliphatic carbocycles. The first-order valence-electron chi connectivity index (χ1n) is 16.1. The van der Waals surface area contributed by atoms with Gasteiger partial charge < -0.3 is 29.7 Å². The number of fused-ring (bicyclic) bond motifs is 4. The molecular formula is C35H36N8O4. The minimum Gasteiger partial charge on any atom is -0.452 e. The molecule has 4 aromatic rings. The summed E-state index contributed by atoms with van der Waals surface area (Å²) in [5.74, 6) is 0.741. The van der Waals surface area contributed by atoms with Crippen molar-refractivity contribution in [3.63, 3.8) is 0 Å². The lowest BCUT2D eigenvalue weighted by atomic mass is 9.94. The average Bonchev–Trinajstić information content (AvgIpc) is 3.83. The molecule has 3 amide bonds. The molecule has 4 aliphatic heterocycles. The highest BCUT2D eigenvalue weighted by molar-refractivity contribution is 6.16. The predicted octanol–water partition coefficient (Wildman–Crippen LogP) is 4.36. The van der Waals surface area contributed by atoms with Gasteiger partial charge in [-0.3, -0.25) is 19.5 Å². The molecule has 8 rings (SSSR count). The van der Waals surface area contributed by atoms with Gasteiger partial charge in [-0.05, 0) is 68.8 Å². The lowest BCUT2D eigenvalue weighted by Gasteiger charge is -2.38. The topological polar surface area (TPSA) is 125 Å². The molecule has 3 fully saturated rings. The van der Waals surface area contributed by atoms with Gasteiger partial charge in [-0.1, -0.05) is 0 Å². The molecule has 240 valence electrons. The highest BCUT2D eigenvalue weighted by atomic mass is 16.5. The maximum Gasteiger partial charge on any atom is 0.323 e. The van der Waals surface area contributed by atoms with Gasteiger partial charge in [0.25, 0.3) is 0 Å². The fourth-order valence-corrected chi connectivity index (χ4v) is 7.57. The summed E-state index contributed by atoms with van der Waals surface area (Å²) < 4.78 is 7.98. The Balaban J connectivity index is 0.990. The summed E-state index contributed by atoms with van der Waals surface area (Å²) in [7, 11) is 4.09. The van der Waals surface area contributed by atoms with Crippen molar-refractivity contribution in [1.29, 1.82) is 0 Å². The molecule has 2 atom stereocenters. The van der Waals surface area contributed by atoms with Gasteiger partial charge in [-0.15, -0.1) is 0 Å². The number of anilines is 3. The van der Waals surface area contributed by atoms with Crippen molar-refractivity contribution >= 4 is 51.9 Å². The maximum atomic E-state index is 13.5. The number of piperidine rings is 1. The Kier molecular flexibility index (Phi) is 7.16. The van der Waals surface area contributed by atoms with Crippen molar-refractivity contribution in [3.05, 3.63) is 78.1 Å². The average molecular weight is 633 g/mol. The zero-order valence-electron chi connectivity index (χ0n) is 26.3. The Labute approximate surface area is 272 Å². The van der Waals surface area contributed by atoms with E-state index in [9.17, 15) is 14.4 Å². The zero-order chi connectivity index (χ0) is 32.2. The molecule has 12 nitrogen and oxygen atoms in total. The van der Waals surface area contributed by atoms with Gasteiger partial charge in [0.15, 0.2) is 5.76 Å². The predicted molar refractivity (Wildman–Crippen MR) is 178 cm³/mol. The first-order chi connectivity index (χ1) is 22.8. The summed E-state index contributed by atoms with van der Waals surface area (Å²) in [6, 6.07) is 10.9. The van der Waals surface area contributed by atoms with Crippen LogP contribution in [-0.2, 0) is 11.8 Å². The third-order valence-electron chi connectivity index (χ3n) is 9.98. The number of nitrogens with one attached hydrogen (secondary N) is 2. The van der Waals surface area contributed by atoms with E-state index in [1.54, 1.807) is 48.8 Å². The SMILES string of the molecule is CN1CC2CC1CN2C(=O)C1CCN(c2ccnc3c2c(C=C2Oc4ccc(NC(=O)Nc5cccnc5)cc4C2=O)cn3C)CC1. The van der Waals surface area contributed by atoms with E-state index in [-0.39, 0.29) is 17.5 Å². The molecule has 1 aromatic carbocycles. The number of aromatic nitrogens is 3. The molecule has 7 heterocycles. The smallest absolute Gasteiger partial charge is 0.323 e.